The Labute approximate surface area is 265 Å². The summed E-state index contributed by atoms with van der Waals surface area (Å²) in [7, 11) is 4.34. The van der Waals surface area contributed by atoms with Gasteiger partial charge in [-0.3, -0.25) is 4.79 Å². The van der Waals surface area contributed by atoms with Gasteiger partial charge in [0, 0.05) is 54.4 Å². The molecule has 2 heterocycles. The Hall–Kier alpha value is -1.83. The van der Waals surface area contributed by atoms with Gasteiger partial charge in [-0.15, -0.1) is 0 Å². The summed E-state index contributed by atoms with van der Waals surface area (Å²) >= 11 is 6.18. The molecule has 2 aliphatic heterocycles. The van der Waals surface area contributed by atoms with Crippen LogP contribution in [0.25, 0.3) is 0 Å². The summed E-state index contributed by atoms with van der Waals surface area (Å²) in [6.45, 7) is 5.86. The quantitative estimate of drug-likeness (QED) is 0.372. The molecule has 2 aliphatic carbocycles. The lowest BCUT2D eigenvalue weighted by Gasteiger charge is -2.46. The van der Waals surface area contributed by atoms with E-state index in [1.54, 1.807) is 0 Å². The Morgan fingerprint density at radius 2 is 1.40 bits per heavy atom. The largest absolute Gasteiger partial charge is 0.341 e. The fraction of sp³-hybridized carbons (Fsp3) is 0.771. The third kappa shape index (κ3) is 8.07. The third-order valence-corrected chi connectivity index (χ3v) is 11.3. The number of carbonyl (C=O) groups excluding carboxylic acids is 2. The smallest absolute Gasteiger partial charge is 0.320 e. The van der Waals surface area contributed by atoms with E-state index in [1.165, 1.54) is 19.3 Å². The molecular formula is C35H56ClN5O2. The number of rotatable bonds is 8. The fourth-order valence-electron chi connectivity index (χ4n) is 8.38. The highest BCUT2D eigenvalue weighted by molar-refractivity contribution is 6.30. The molecule has 1 aromatic carbocycles. The van der Waals surface area contributed by atoms with Gasteiger partial charge in [0.15, 0.2) is 0 Å². The van der Waals surface area contributed by atoms with E-state index in [9.17, 15) is 9.59 Å². The summed E-state index contributed by atoms with van der Waals surface area (Å²) in [4.78, 5) is 37.2. The summed E-state index contributed by atoms with van der Waals surface area (Å²) in [5.41, 5.74) is 1.13. The van der Waals surface area contributed by atoms with Crippen LogP contribution in [0, 0.1) is 0 Å². The van der Waals surface area contributed by atoms with Crippen LogP contribution in [0.4, 0.5) is 4.79 Å². The van der Waals surface area contributed by atoms with Gasteiger partial charge in [0.1, 0.15) is 0 Å². The molecule has 2 unspecified atom stereocenters. The van der Waals surface area contributed by atoms with Crippen molar-refractivity contribution in [1.82, 2.24) is 24.9 Å². The molecule has 0 spiro atoms. The van der Waals surface area contributed by atoms with Crippen molar-refractivity contribution in [3.63, 3.8) is 0 Å². The zero-order chi connectivity index (χ0) is 30.5. The maximum absolute atomic E-state index is 14.2. The highest BCUT2D eigenvalue weighted by Crippen LogP contribution is 2.33. The van der Waals surface area contributed by atoms with E-state index in [-0.39, 0.29) is 24.0 Å². The molecule has 1 aromatic rings. The maximum atomic E-state index is 14.2. The van der Waals surface area contributed by atoms with Crippen molar-refractivity contribution in [2.75, 3.05) is 27.2 Å². The van der Waals surface area contributed by atoms with Crippen molar-refractivity contribution in [2.24, 2.45) is 0 Å². The van der Waals surface area contributed by atoms with Crippen molar-refractivity contribution in [3.05, 3.63) is 34.9 Å². The summed E-state index contributed by atoms with van der Waals surface area (Å²) in [5, 5.41) is 4.53. The summed E-state index contributed by atoms with van der Waals surface area (Å²) in [5.74, 6) is 0.209. The summed E-state index contributed by atoms with van der Waals surface area (Å²) in [6.07, 6.45) is 15.1. The number of benzene rings is 1. The molecular weight excluding hydrogens is 558 g/mol. The van der Waals surface area contributed by atoms with E-state index in [0.717, 1.165) is 87.9 Å². The molecule has 0 aromatic heterocycles. The van der Waals surface area contributed by atoms with Gasteiger partial charge >= 0.3 is 6.03 Å². The van der Waals surface area contributed by atoms with E-state index in [2.05, 4.69) is 52.9 Å². The molecule has 3 amide bonds. The number of halogens is 1. The van der Waals surface area contributed by atoms with Crippen molar-refractivity contribution in [2.45, 2.75) is 146 Å². The molecule has 7 nitrogen and oxygen atoms in total. The first-order valence-corrected chi connectivity index (χ1v) is 17.7. The Kier molecular flexibility index (Phi) is 11.3. The van der Waals surface area contributed by atoms with Gasteiger partial charge in [0.25, 0.3) is 0 Å². The second kappa shape index (κ2) is 15.0. The average molecular weight is 614 g/mol. The fourth-order valence-corrected chi connectivity index (χ4v) is 8.50. The molecule has 4 aliphatic rings. The Morgan fingerprint density at radius 3 is 1.98 bits per heavy atom. The summed E-state index contributed by atoms with van der Waals surface area (Å²) < 4.78 is 0. The van der Waals surface area contributed by atoms with Gasteiger partial charge in [-0.2, -0.15) is 0 Å². The number of hydrogen-bond acceptors (Lipinski definition) is 4. The van der Waals surface area contributed by atoms with Crippen LogP contribution in [-0.4, -0.2) is 101 Å². The number of urea groups is 1. The molecule has 3 atom stereocenters. The van der Waals surface area contributed by atoms with Crippen LogP contribution in [0.3, 0.4) is 0 Å². The second-order valence-corrected chi connectivity index (χ2v) is 14.7. The van der Waals surface area contributed by atoms with Crippen molar-refractivity contribution in [1.29, 1.82) is 0 Å². The molecule has 0 bridgehead atoms. The lowest BCUT2D eigenvalue weighted by molar-refractivity contribution is -0.135. The Bertz CT molecular complexity index is 1030. The highest BCUT2D eigenvalue weighted by Gasteiger charge is 2.41. The van der Waals surface area contributed by atoms with Gasteiger partial charge in [-0.1, -0.05) is 43.0 Å². The maximum Gasteiger partial charge on any atom is 0.320 e. The van der Waals surface area contributed by atoms with Crippen molar-refractivity contribution < 1.29 is 9.59 Å². The van der Waals surface area contributed by atoms with Gasteiger partial charge in [-0.25, -0.2) is 4.79 Å². The number of likely N-dealkylation sites (tertiary alicyclic amines) is 2. The van der Waals surface area contributed by atoms with E-state index in [4.69, 9.17) is 11.6 Å². The number of amides is 3. The molecule has 8 heteroatoms. The second-order valence-electron chi connectivity index (χ2n) is 14.2. The molecule has 0 radical (unpaired) electrons. The van der Waals surface area contributed by atoms with Crippen LogP contribution >= 0.6 is 11.6 Å². The standard InChI is InChI=1S/C35H56ClN5O2/c1-25-10-11-26(2)40(25)35(43)41(31-8-6-5-7-9-31)32-20-22-39(23-21-32)34(42)33(24-27-12-14-28(36)15-13-27)37-29-16-18-30(19-17-29)38(3)4/h12-15,25-26,29-33,37H,5-11,16-24H2,1-4H3/t25?,26?,29?,30?,33-/m1/s1. The summed E-state index contributed by atoms with van der Waals surface area (Å²) in [6, 6.07) is 10.1. The first-order chi connectivity index (χ1) is 20.7. The number of piperidine rings is 1. The predicted octanol–water partition coefficient (Wildman–Crippen LogP) is 6.33. The molecule has 5 rings (SSSR count). The minimum atomic E-state index is -0.249. The molecule has 43 heavy (non-hydrogen) atoms. The topological polar surface area (TPSA) is 59.1 Å². The lowest BCUT2D eigenvalue weighted by atomic mass is 9.89. The highest BCUT2D eigenvalue weighted by atomic mass is 35.5. The predicted molar refractivity (Wildman–Crippen MR) is 176 cm³/mol. The van der Waals surface area contributed by atoms with E-state index in [0.29, 0.717) is 36.6 Å². The van der Waals surface area contributed by atoms with E-state index in [1.807, 2.05) is 24.3 Å². The van der Waals surface area contributed by atoms with Crippen LogP contribution < -0.4 is 5.32 Å². The average Bonchev–Trinajstić information content (AvgIpc) is 3.36. The first kappa shape index (κ1) is 32.6. The number of hydrogen-bond donors (Lipinski definition) is 1. The van der Waals surface area contributed by atoms with Crippen molar-refractivity contribution >= 4 is 23.5 Å². The monoisotopic (exact) mass is 613 g/mol. The number of nitrogens with one attached hydrogen (secondary N) is 1. The number of nitrogens with zero attached hydrogens (tertiary/aromatic N) is 4. The van der Waals surface area contributed by atoms with Crippen molar-refractivity contribution in [3.8, 4) is 0 Å². The van der Waals surface area contributed by atoms with E-state index >= 15 is 0 Å². The van der Waals surface area contributed by atoms with E-state index < -0.39 is 0 Å². The normalized spacial score (nSPS) is 28.3. The molecule has 240 valence electrons. The zero-order valence-electron chi connectivity index (χ0n) is 27.1. The van der Waals surface area contributed by atoms with Gasteiger partial charge in [0.05, 0.1) is 6.04 Å². The first-order valence-electron chi connectivity index (χ1n) is 17.3. The van der Waals surface area contributed by atoms with Crippen LogP contribution in [-0.2, 0) is 11.2 Å². The van der Waals surface area contributed by atoms with Gasteiger partial charge in [0.2, 0.25) is 5.91 Å². The zero-order valence-corrected chi connectivity index (χ0v) is 27.9. The third-order valence-electron chi connectivity index (χ3n) is 11.0. The minimum absolute atomic E-state index is 0.209. The van der Waals surface area contributed by atoms with Gasteiger partial charge in [-0.05, 0) is 116 Å². The molecule has 2 saturated heterocycles. The van der Waals surface area contributed by atoms with Crippen LogP contribution in [0.15, 0.2) is 24.3 Å². The van der Waals surface area contributed by atoms with Gasteiger partial charge < -0.3 is 24.9 Å². The molecule has 4 fully saturated rings. The Morgan fingerprint density at radius 1 is 0.814 bits per heavy atom. The SMILES string of the molecule is CC1CCC(C)N1C(=O)N(C1CCCCC1)C1CCN(C(=O)[C@@H](Cc2ccc(Cl)cc2)NC2CCC(N(C)C)CC2)CC1. The molecule has 2 saturated carbocycles. The Balaban J connectivity index is 1.26. The van der Waals surface area contributed by atoms with Crippen LogP contribution in [0.5, 0.6) is 0 Å². The minimum Gasteiger partial charge on any atom is -0.341 e. The van der Waals surface area contributed by atoms with Crippen LogP contribution in [0.1, 0.15) is 103 Å². The molecule has 1 N–H and O–H groups in total. The number of carbonyl (C=O) groups is 2. The van der Waals surface area contributed by atoms with Crippen LogP contribution in [0.2, 0.25) is 5.02 Å². The lowest BCUT2D eigenvalue weighted by Crippen LogP contribution is -2.59.